The first-order chi connectivity index (χ1) is 8.69. The van der Waals surface area contributed by atoms with E-state index in [-0.39, 0.29) is 0 Å². The number of imidazole rings is 1. The Kier molecular flexibility index (Phi) is 2.63. The molecule has 1 aromatic carbocycles. The van der Waals surface area contributed by atoms with Crippen molar-refractivity contribution in [2.45, 2.75) is 12.5 Å². The maximum atomic E-state index is 6.06. The van der Waals surface area contributed by atoms with Gasteiger partial charge in [0.25, 0.3) is 0 Å². The number of aromatic nitrogens is 2. The van der Waals surface area contributed by atoms with Crippen LogP contribution in [0.3, 0.4) is 0 Å². The third-order valence-corrected chi connectivity index (χ3v) is 3.66. The molecule has 1 saturated heterocycles. The summed E-state index contributed by atoms with van der Waals surface area (Å²) in [6, 6.07) is 6.35. The van der Waals surface area contributed by atoms with Crippen molar-refractivity contribution in [3.63, 3.8) is 0 Å². The van der Waals surface area contributed by atoms with Gasteiger partial charge in [-0.3, -0.25) is 0 Å². The van der Waals surface area contributed by atoms with Gasteiger partial charge in [0, 0.05) is 12.6 Å². The zero-order valence-corrected chi connectivity index (χ0v) is 10.8. The fourth-order valence-corrected chi connectivity index (χ4v) is 2.73. The van der Waals surface area contributed by atoms with Gasteiger partial charge in [0.2, 0.25) is 5.95 Å². The van der Waals surface area contributed by atoms with Gasteiger partial charge in [-0.25, -0.2) is 4.98 Å². The molecule has 0 bridgehead atoms. The van der Waals surface area contributed by atoms with Crippen LogP contribution in [0.4, 0.5) is 5.95 Å². The van der Waals surface area contributed by atoms with Gasteiger partial charge in [-0.05, 0) is 32.1 Å². The minimum Gasteiger partial charge on any atom is -0.497 e. The van der Waals surface area contributed by atoms with E-state index in [1.54, 1.807) is 7.11 Å². The Morgan fingerprint density at radius 2 is 2.28 bits per heavy atom. The van der Waals surface area contributed by atoms with Crippen LogP contribution < -0.4 is 10.5 Å². The zero-order chi connectivity index (χ0) is 12.7. The lowest BCUT2D eigenvalue weighted by atomic mass is 10.2. The van der Waals surface area contributed by atoms with E-state index < -0.39 is 0 Å². The van der Waals surface area contributed by atoms with Gasteiger partial charge in [0.05, 0.1) is 24.2 Å². The van der Waals surface area contributed by atoms with Crippen LogP contribution in [0.5, 0.6) is 5.75 Å². The Bertz CT molecular complexity index is 578. The fraction of sp³-hybridized carbons (Fsp3) is 0.462. The first-order valence-electron chi connectivity index (χ1n) is 6.19. The molecule has 1 fully saturated rings. The number of ether oxygens (including phenoxy) is 1. The number of benzene rings is 1. The number of methoxy groups -OCH3 is 1. The van der Waals surface area contributed by atoms with E-state index in [1.165, 1.54) is 0 Å². The summed E-state index contributed by atoms with van der Waals surface area (Å²) >= 11 is 0. The Morgan fingerprint density at radius 1 is 1.44 bits per heavy atom. The maximum absolute atomic E-state index is 6.06. The van der Waals surface area contributed by atoms with Gasteiger partial charge in [0.1, 0.15) is 5.75 Å². The van der Waals surface area contributed by atoms with Gasteiger partial charge in [-0.15, -0.1) is 0 Å². The molecule has 1 aromatic heterocycles. The standard InChI is InChI=1S/C13H18N4O/c1-16-6-5-9(8-16)17-12-4-3-10(18-2)7-11(12)15-13(17)14/h3-4,7,9H,5-6,8H2,1-2H3,(H2,14,15). The highest BCUT2D eigenvalue weighted by molar-refractivity contribution is 5.80. The second-order valence-corrected chi connectivity index (χ2v) is 4.90. The van der Waals surface area contributed by atoms with Crippen LogP contribution in [0.15, 0.2) is 18.2 Å². The Balaban J connectivity index is 2.08. The number of nitrogen functional groups attached to an aromatic ring is 1. The summed E-state index contributed by atoms with van der Waals surface area (Å²) in [5, 5.41) is 0. The molecule has 0 amide bonds. The van der Waals surface area contributed by atoms with Crippen molar-refractivity contribution in [1.29, 1.82) is 0 Å². The number of nitrogens with zero attached hydrogens (tertiary/aromatic N) is 3. The predicted molar refractivity (Wildman–Crippen MR) is 71.8 cm³/mol. The van der Waals surface area contributed by atoms with Gasteiger partial charge in [-0.1, -0.05) is 0 Å². The number of hydrogen-bond donors (Lipinski definition) is 1. The fourth-order valence-electron chi connectivity index (χ4n) is 2.73. The van der Waals surface area contributed by atoms with Crippen LogP contribution >= 0.6 is 0 Å². The molecular formula is C13H18N4O. The third kappa shape index (κ3) is 1.71. The summed E-state index contributed by atoms with van der Waals surface area (Å²) in [7, 11) is 3.80. The summed E-state index contributed by atoms with van der Waals surface area (Å²) in [5.74, 6) is 1.41. The normalized spacial score (nSPS) is 20.7. The van der Waals surface area contributed by atoms with Crippen LogP contribution in [0.25, 0.3) is 11.0 Å². The third-order valence-electron chi connectivity index (χ3n) is 3.66. The van der Waals surface area contributed by atoms with Crippen molar-refractivity contribution < 1.29 is 4.74 Å². The van der Waals surface area contributed by atoms with E-state index in [0.717, 1.165) is 36.3 Å². The molecular weight excluding hydrogens is 228 g/mol. The SMILES string of the molecule is COc1ccc2c(c1)nc(N)n2C1CCN(C)C1. The Morgan fingerprint density at radius 3 is 2.94 bits per heavy atom. The molecule has 96 valence electrons. The number of likely N-dealkylation sites (tertiary alicyclic amines) is 1. The van der Waals surface area contributed by atoms with E-state index in [4.69, 9.17) is 10.5 Å². The molecule has 0 radical (unpaired) electrons. The highest BCUT2D eigenvalue weighted by Crippen LogP contribution is 2.30. The van der Waals surface area contributed by atoms with E-state index in [9.17, 15) is 0 Å². The van der Waals surface area contributed by atoms with Gasteiger partial charge >= 0.3 is 0 Å². The second kappa shape index (κ2) is 4.17. The highest BCUT2D eigenvalue weighted by atomic mass is 16.5. The molecule has 18 heavy (non-hydrogen) atoms. The smallest absolute Gasteiger partial charge is 0.201 e. The molecule has 0 spiro atoms. The van der Waals surface area contributed by atoms with Crippen molar-refractivity contribution in [1.82, 2.24) is 14.5 Å². The van der Waals surface area contributed by atoms with Crippen LogP contribution in [-0.4, -0.2) is 41.7 Å². The van der Waals surface area contributed by atoms with Crippen molar-refractivity contribution in [2.75, 3.05) is 33.0 Å². The van der Waals surface area contributed by atoms with Crippen LogP contribution in [0.2, 0.25) is 0 Å². The summed E-state index contributed by atoms with van der Waals surface area (Å²) in [5.41, 5.74) is 8.06. The average molecular weight is 246 g/mol. The number of anilines is 1. The summed E-state index contributed by atoms with van der Waals surface area (Å²) in [4.78, 5) is 6.75. The van der Waals surface area contributed by atoms with Crippen molar-refractivity contribution in [3.05, 3.63) is 18.2 Å². The molecule has 5 nitrogen and oxygen atoms in total. The van der Waals surface area contributed by atoms with Crippen molar-refractivity contribution in [2.24, 2.45) is 0 Å². The Labute approximate surface area is 106 Å². The van der Waals surface area contributed by atoms with Crippen LogP contribution in [0.1, 0.15) is 12.5 Å². The van der Waals surface area contributed by atoms with Crippen LogP contribution in [-0.2, 0) is 0 Å². The molecule has 1 atom stereocenters. The quantitative estimate of drug-likeness (QED) is 0.872. The van der Waals surface area contributed by atoms with Crippen molar-refractivity contribution in [3.8, 4) is 5.75 Å². The molecule has 1 aliphatic heterocycles. The first-order valence-corrected chi connectivity index (χ1v) is 6.19. The van der Waals surface area contributed by atoms with E-state index in [1.807, 2.05) is 18.2 Å². The van der Waals surface area contributed by atoms with Gasteiger partial charge < -0.3 is 19.9 Å². The number of hydrogen-bond acceptors (Lipinski definition) is 4. The Hall–Kier alpha value is -1.75. The van der Waals surface area contributed by atoms with E-state index in [2.05, 4.69) is 21.5 Å². The molecule has 1 unspecified atom stereocenters. The minimum absolute atomic E-state index is 0.424. The van der Waals surface area contributed by atoms with Gasteiger partial charge in [0.15, 0.2) is 0 Å². The molecule has 1 aliphatic rings. The van der Waals surface area contributed by atoms with E-state index >= 15 is 0 Å². The number of fused-ring (bicyclic) bond motifs is 1. The van der Waals surface area contributed by atoms with Crippen LogP contribution in [0, 0.1) is 0 Å². The number of likely N-dealkylation sites (N-methyl/N-ethyl adjacent to an activating group) is 1. The maximum Gasteiger partial charge on any atom is 0.201 e. The second-order valence-electron chi connectivity index (χ2n) is 4.90. The van der Waals surface area contributed by atoms with E-state index in [0.29, 0.717) is 12.0 Å². The summed E-state index contributed by atoms with van der Waals surface area (Å²) in [6.07, 6.45) is 1.12. The highest BCUT2D eigenvalue weighted by Gasteiger charge is 2.24. The molecule has 5 heteroatoms. The lowest BCUT2D eigenvalue weighted by Gasteiger charge is -2.15. The predicted octanol–water partition coefficient (Wildman–Crippen LogP) is 1.50. The monoisotopic (exact) mass is 246 g/mol. The number of nitrogens with two attached hydrogens (primary N) is 1. The molecule has 0 aliphatic carbocycles. The minimum atomic E-state index is 0.424. The first kappa shape index (κ1) is 11.3. The molecule has 2 aromatic rings. The largest absolute Gasteiger partial charge is 0.497 e. The lowest BCUT2D eigenvalue weighted by molar-refractivity contribution is 0.395. The topological polar surface area (TPSA) is 56.3 Å². The lowest BCUT2D eigenvalue weighted by Crippen LogP contribution is -2.17. The molecule has 0 saturated carbocycles. The molecule has 2 N–H and O–H groups in total. The summed E-state index contributed by atoms with van der Waals surface area (Å²) < 4.78 is 7.37. The van der Waals surface area contributed by atoms with Crippen molar-refractivity contribution >= 4 is 17.0 Å². The zero-order valence-electron chi connectivity index (χ0n) is 10.8. The number of rotatable bonds is 2. The molecule has 3 rings (SSSR count). The average Bonchev–Trinajstić information content (AvgIpc) is 2.90. The molecule has 2 heterocycles. The van der Waals surface area contributed by atoms with Gasteiger partial charge in [-0.2, -0.15) is 0 Å². The summed E-state index contributed by atoms with van der Waals surface area (Å²) in [6.45, 7) is 2.14.